The molecule has 0 spiro atoms. The molecule has 2 heteroatoms. The number of hydrogen-bond acceptors (Lipinski definition) is 1. The molecule has 0 heterocycles. The van der Waals surface area contributed by atoms with Gasteiger partial charge in [0.1, 0.15) is 0 Å². The Balaban J connectivity index is 1.99. The Hall–Kier alpha value is -0.340. The maximum Gasteiger partial charge on any atom is 0.0112 e. The molecule has 1 atom stereocenters. The molecule has 2 rings (SSSR count). The van der Waals surface area contributed by atoms with Gasteiger partial charge in [0.05, 0.1) is 0 Å². The lowest BCUT2D eigenvalue weighted by Gasteiger charge is -2.28. The highest BCUT2D eigenvalue weighted by atomic mass is 79.9. The standard InChI is InChI=1S/C16H24BrN/c1-13(2)11-18(16-8-9-16)12-15(10-17)14-6-4-3-5-7-14/h3-7,13,15-16H,8-12H2,1-2H3. The second-order valence-corrected chi connectivity index (χ2v) is 6.49. The largest absolute Gasteiger partial charge is 0.299 e. The average Bonchev–Trinajstić information content (AvgIpc) is 3.19. The Morgan fingerprint density at radius 1 is 1.17 bits per heavy atom. The van der Waals surface area contributed by atoms with Crippen molar-refractivity contribution >= 4 is 15.9 Å². The van der Waals surface area contributed by atoms with Gasteiger partial charge in [0.15, 0.2) is 0 Å². The minimum Gasteiger partial charge on any atom is -0.299 e. The SMILES string of the molecule is CC(C)CN(CC(CBr)c1ccccc1)C1CC1. The van der Waals surface area contributed by atoms with Crippen LogP contribution in [0.25, 0.3) is 0 Å². The molecule has 1 aromatic carbocycles. The summed E-state index contributed by atoms with van der Waals surface area (Å²) in [7, 11) is 0. The highest BCUT2D eigenvalue weighted by Gasteiger charge is 2.30. The predicted molar refractivity (Wildman–Crippen MR) is 82.4 cm³/mol. The molecule has 0 saturated heterocycles. The Bertz CT molecular complexity index is 345. The summed E-state index contributed by atoms with van der Waals surface area (Å²) in [6.45, 7) is 7.07. The van der Waals surface area contributed by atoms with Crippen LogP contribution in [0.5, 0.6) is 0 Å². The monoisotopic (exact) mass is 309 g/mol. The molecule has 1 aliphatic carbocycles. The summed E-state index contributed by atoms with van der Waals surface area (Å²) >= 11 is 3.69. The summed E-state index contributed by atoms with van der Waals surface area (Å²) in [5.41, 5.74) is 1.46. The minimum atomic E-state index is 0.616. The van der Waals surface area contributed by atoms with Crippen molar-refractivity contribution in [2.75, 3.05) is 18.4 Å². The summed E-state index contributed by atoms with van der Waals surface area (Å²) in [5.74, 6) is 1.38. The van der Waals surface area contributed by atoms with Crippen LogP contribution in [0.3, 0.4) is 0 Å². The highest BCUT2D eigenvalue weighted by Crippen LogP contribution is 2.30. The summed E-state index contributed by atoms with van der Waals surface area (Å²) < 4.78 is 0. The third kappa shape index (κ3) is 4.10. The molecule has 1 aliphatic rings. The molecule has 1 nitrogen and oxygen atoms in total. The maximum atomic E-state index is 3.69. The van der Waals surface area contributed by atoms with Crippen LogP contribution in [0.2, 0.25) is 0 Å². The molecule has 0 N–H and O–H groups in total. The average molecular weight is 310 g/mol. The van der Waals surface area contributed by atoms with E-state index in [1.165, 1.54) is 31.5 Å². The van der Waals surface area contributed by atoms with E-state index < -0.39 is 0 Å². The van der Waals surface area contributed by atoms with Gasteiger partial charge in [0.25, 0.3) is 0 Å². The van der Waals surface area contributed by atoms with Crippen LogP contribution in [-0.2, 0) is 0 Å². The normalized spacial score (nSPS) is 17.4. The van der Waals surface area contributed by atoms with Gasteiger partial charge in [0, 0.05) is 30.4 Å². The molecule has 0 radical (unpaired) electrons. The van der Waals surface area contributed by atoms with Gasteiger partial charge in [-0.05, 0) is 24.3 Å². The van der Waals surface area contributed by atoms with Gasteiger partial charge in [-0.1, -0.05) is 60.1 Å². The lowest BCUT2D eigenvalue weighted by atomic mass is 10.00. The van der Waals surface area contributed by atoms with Gasteiger partial charge in [-0.3, -0.25) is 4.90 Å². The Morgan fingerprint density at radius 3 is 2.33 bits per heavy atom. The van der Waals surface area contributed by atoms with Crippen LogP contribution in [0, 0.1) is 5.92 Å². The first kappa shape index (κ1) is 14.1. The van der Waals surface area contributed by atoms with Gasteiger partial charge in [-0.15, -0.1) is 0 Å². The molecule has 1 unspecified atom stereocenters. The molecule has 1 saturated carbocycles. The van der Waals surface area contributed by atoms with E-state index in [4.69, 9.17) is 0 Å². The third-order valence-corrected chi connectivity index (χ3v) is 4.36. The smallest absolute Gasteiger partial charge is 0.0112 e. The first-order valence-electron chi connectivity index (χ1n) is 7.05. The molecule has 0 amide bonds. The summed E-state index contributed by atoms with van der Waals surface area (Å²) in [6, 6.07) is 11.8. The topological polar surface area (TPSA) is 3.24 Å². The highest BCUT2D eigenvalue weighted by molar-refractivity contribution is 9.09. The maximum absolute atomic E-state index is 3.69. The molecule has 1 aromatic rings. The lowest BCUT2D eigenvalue weighted by Crippen LogP contribution is -2.34. The van der Waals surface area contributed by atoms with E-state index in [1.807, 2.05) is 0 Å². The Morgan fingerprint density at radius 2 is 1.83 bits per heavy atom. The first-order valence-corrected chi connectivity index (χ1v) is 8.17. The third-order valence-electron chi connectivity index (χ3n) is 3.58. The van der Waals surface area contributed by atoms with Gasteiger partial charge in [-0.2, -0.15) is 0 Å². The fraction of sp³-hybridized carbons (Fsp3) is 0.625. The molecule has 100 valence electrons. The van der Waals surface area contributed by atoms with E-state index in [0.717, 1.165) is 17.3 Å². The number of nitrogens with zero attached hydrogens (tertiary/aromatic N) is 1. The van der Waals surface area contributed by atoms with E-state index in [2.05, 4.69) is 65.0 Å². The van der Waals surface area contributed by atoms with Crippen LogP contribution < -0.4 is 0 Å². The fourth-order valence-corrected chi connectivity index (χ4v) is 3.11. The Kier molecular flexibility index (Phi) is 5.25. The number of hydrogen-bond donors (Lipinski definition) is 0. The second kappa shape index (κ2) is 6.72. The van der Waals surface area contributed by atoms with Crippen LogP contribution in [0.4, 0.5) is 0 Å². The van der Waals surface area contributed by atoms with Crippen LogP contribution in [0.15, 0.2) is 30.3 Å². The zero-order chi connectivity index (χ0) is 13.0. The molecule has 18 heavy (non-hydrogen) atoms. The van der Waals surface area contributed by atoms with Crippen molar-refractivity contribution < 1.29 is 0 Å². The Labute approximate surface area is 120 Å². The van der Waals surface area contributed by atoms with Gasteiger partial charge < -0.3 is 0 Å². The molecular weight excluding hydrogens is 286 g/mol. The van der Waals surface area contributed by atoms with Crippen molar-refractivity contribution in [3.05, 3.63) is 35.9 Å². The zero-order valence-electron chi connectivity index (χ0n) is 11.5. The van der Waals surface area contributed by atoms with Crippen molar-refractivity contribution in [2.45, 2.75) is 38.6 Å². The number of alkyl halides is 1. The van der Waals surface area contributed by atoms with Crippen molar-refractivity contribution in [2.24, 2.45) is 5.92 Å². The summed E-state index contributed by atoms with van der Waals surface area (Å²) in [5, 5.41) is 1.05. The van der Waals surface area contributed by atoms with E-state index >= 15 is 0 Å². The zero-order valence-corrected chi connectivity index (χ0v) is 13.1. The van der Waals surface area contributed by atoms with Crippen LogP contribution in [-0.4, -0.2) is 29.4 Å². The molecular formula is C16H24BrN. The fourth-order valence-electron chi connectivity index (χ4n) is 2.53. The molecule has 0 bridgehead atoms. The molecule has 1 fully saturated rings. The lowest BCUT2D eigenvalue weighted by molar-refractivity contribution is 0.225. The predicted octanol–water partition coefficient (Wildman–Crippen LogP) is 4.29. The molecule has 0 aliphatic heterocycles. The molecule has 0 aromatic heterocycles. The quantitative estimate of drug-likeness (QED) is 0.679. The number of benzene rings is 1. The van der Waals surface area contributed by atoms with E-state index in [1.54, 1.807) is 0 Å². The van der Waals surface area contributed by atoms with Crippen molar-refractivity contribution in [3.8, 4) is 0 Å². The van der Waals surface area contributed by atoms with Crippen molar-refractivity contribution in [1.29, 1.82) is 0 Å². The van der Waals surface area contributed by atoms with E-state index in [9.17, 15) is 0 Å². The summed E-state index contributed by atoms with van der Waals surface area (Å²) in [4.78, 5) is 2.70. The summed E-state index contributed by atoms with van der Waals surface area (Å²) in [6.07, 6.45) is 2.80. The van der Waals surface area contributed by atoms with Crippen molar-refractivity contribution in [3.63, 3.8) is 0 Å². The van der Waals surface area contributed by atoms with Gasteiger partial charge >= 0.3 is 0 Å². The second-order valence-electron chi connectivity index (χ2n) is 5.84. The van der Waals surface area contributed by atoms with E-state index in [-0.39, 0.29) is 0 Å². The van der Waals surface area contributed by atoms with E-state index in [0.29, 0.717) is 5.92 Å². The van der Waals surface area contributed by atoms with Crippen LogP contribution >= 0.6 is 15.9 Å². The number of rotatable bonds is 7. The van der Waals surface area contributed by atoms with Crippen LogP contribution in [0.1, 0.15) is 38.2 Å². The first-order chi connectivity index (χ1) is 8.70. The van der Waals surface area contributed by atoms with Gasteiger partial charge in [0.2, 0.25) is 0 Å². The number of halogens is 1. The van der Waals surface area contributed by atoms with Crippen molar-refractivity contribution in [1.82, 2.24) is 4.90 Å². The minimum absolute atomic E-state index is 0.616. The van der Waals surface area contributed by atoms with Gasteiger partial charge in [-0.25, -0.2) is 0 Å².